The summed E-state index contributed by atoms with van der Waals surface area (Å²) in [5, 5.41) is 2.59. The van der Waals surface area contributed by atoms with E-state index in [9.17, 15) is 18.8 Å². The molecule has 0 unspecified atom stereocenters. The lowest BCUT2D eigenvalue weighted by molar-refractivity contribution is -0.119. The minimum absolute atomic E-state index is 0.00952. The van der Waals surface area contributed by atoms with Crippen LogP contribution in [-0.2, 0) is 9.53 Å². The van der Waals surface area contributed by atoms with Crippen LogP contribution in [0.5, 0.6) is 0 Å². The highest BCUT2D eigenvalue weighted by Crippen LogP contribution is 2.29. The number of ketones is 1. The monoisotopic (exact) mass is 333 g/mol. The van der Waals surface area contributed by atoms with Gasteiger partial charge in [0.1, 0.15) is 11.4 Å². The van der Waals surface area contributed by atoms with Crippen molar-refractivity contribution in [1.82, 2.24) is 5.32 Å². The van der Waals surface area contributed by atoms with Crippen LogP contribution in [-0.4, -0.2) is 30.8 Å². The molecule has 1 heterocycles. The average Bonchev–Trinajstić information content (AvgIpc) is 3.31. The van der Waals surface area contributed by atoms with Gasteiger partial charge in [0.05, 0.1) is 18.7 Å². The number of carbonyl (C=O) groups excluding carboxylic acids is 3. The number of esters is 1. The molecule has 0 aliphatic heterocycles. The Morgan fingerprint density at radius 3 is 2.75 bits per heavy atom. The second kappa shape index (κ2) is 6.43. The van der Waals surface area contributed by atoms with E-state index in [-0.39, 0.29) is 47.1 Å². The van der Waals surface area contributed by atoms with Crippen molar-refractivity contribution >= 4 is 28.6 Å². The number of benzene rings is 1. The molecular weight excluding hydrogens is 317 g/mol. The molecule has 0 atom stereocenters. The average molecular weight is 333 g/mol. The van der Waals surface area contributed by atoms with Crippen LogP contribution in [0.15, 0.2) is 22.6 Å². The number of Topliss-reactive ketones (excluding diaryl/α,β-unsaturated/α-hetero) is 1. The van der Waals surface area contributed by atoms with Crippen LogP contribution < -0.4 is 5.32 Å². The van der Waals surface area contributed by atoms with Crippen LogP contribution in [0.4, 0.5) is 4.39 Å². The van der Waals surface area contributed by atoms with Crippen molar-refractivity contribution in [3.8, 4) is 0 Å². The summed E-state index contributed by atoms with van der Waals surface area (Å²) < 4.78 is 24.3. The Bertz CT molecular complexity index is 822. The summed E-state index contributed by atoms with van der Waals surface area (Å²) in [5.41, 5.74) is -0.0616. The van der Waals surface area contributed by atoms with Crippen LogP contribution in [0.3, 0.4) is 0 Å². The third kappa shape index (κ3) is 3.15. The maximum absolute atomic E-state index is 14.1. The quantitative estimate of drug-likeness (QED) is 0.821. The zero-order valence-electron chi connectivity index (χ0n) is 13.1. The number of halogens is 1. The number of nitrogens with one attached hydrogen (secondary N) is 1. The molecule has 1 fully saturated rings. The Balaban J connectivity index is 1.87. The fourth-order valence-corrected chi connectivity index (χ4v) is 2.42. The molecule has 1 saturated carbocycles. The molecule has 0 bridgehead atoms. The van der Waals surface area contributed by atoms with Gasteiger partial charge in [-0.25, -0.2) is 9.18 Å². The van der Waals surface area contributed by atoms with Crippen molar-refractivity contribution in [2.24, 2.45) is 5.92 Å². The van der Waals surface area contributed by atoms with E-state index in [1.807, 2.05) is 0 Å². The van der Waals surface area contributed by atoms with Crippen molar-refractivity contribution < 1.29 is 27.9 Å². The summed E-state index contributed by atoms with van der Waals surface area (Å²) >= 11 is 0. The standard InChI is InChI=1S/C17H16FNO5/c1-2-23-17(22)14-7-10-13(24-14)6-5-11(18)15(10)16(21)19-8-12(20)9-3-4-9/h5-7,9H,2-4,8H2,1H3,(H,19,21). The number of hydrogen-bond donors (Lipinski definition) is 1. The summed E-state index contributed by atoms with van der Waals surface area (Å²) in [6, 6.07) is 3.69. The van der Waals surface area contributed by atoms with Crippen molar-refractivity contribution in [2.45, 2.75) is 19.8 Å². The van der Waals surface area contributed by atoms with E-state index >= 15 is 0 Å². The lowest BCUT2D eigenvalue weighted by atomic mass is 10.1. The fourth-order valence-electron chi connectivity index (χ4n) is 2.42. The molecule has 2 aromatic rings. The first kappa shape index (κ1) is 16.2. The van der Waals surface area contributed by atoms with E-state index in [0.29, 0.717) is 0 Å². The Labute approximate surface area is 136 Å². The number of rotatable bonds is 6. The summed E-state index contributed by atoms with van der Waals surface area (Å²) in [7, 11) is 0. The van der Waals surface area contributed by atoms with Crippen LogP contribution in [0.25, 0.3) is 11.0 Å². The SMILES string of the molecule is CCOC(=O)c1cc2c(C(=O)NCC(=O)C3CC3)c(F)ccc2o1. The minimum Gasteiger partial charge on any atom is -0.460 e. The molecule has 24 heavy (non-hydrogen) atoms. The van der Waals surface area contributed by atoms with Gasteiger partial charge in [0, 0.05) is 17.4 Å². The first-order chi connectivity index (χ1) is 11.5. The molecule has 0 radical (unpaired) electrons. The number of amides is 1. The second-order valence-corrected chi connectivity index (χ2v) is 5.59. The van der Waals surface area contributed by atoms with Crippen molar-refractivity contribution in [3.05, 3.63) is 35.3 Å². The first-order valence-corrected chi connectivity index (χ1v) is 7.71. The lowest BCUT2D eigenvalue weighted by Crippen LogP contribution is -2.31. The van der Waals surface area contributed by atoms with Crippen LogP contribution in [0, 0.1) is 11.7 Å². The van der Waals surface area contributed by atoms with E-state index in [2.05, 4.69) is 5.32 Å². The Kier molecular flexibility index (Phi) is 4.33. The normalized spacial score (nSPS) is 13.8. The highest BCUT2D eigenvalue weighted by Gasteiger charge is 2.30. The van der Waals surface area contributed by atoms with Gasteiger partial charge in [-0.3, -0.25) is 9.59 Å². The predicted octanol–water partition coefficient (Wildman–Crippen LogP) is 2.46. The molecular formula is C17H16FNO5. The van der Waals surface area contributed by atoms with E-state index in [0.717, 1.165) is 18.9 Å². The molecule has 1 amide bonds. The lowest BCUT2D eigenvalue weighted by Gasteiger charge is -2.06. The maximum Gasteiger partial charge on any atom is 0.374 e. The van der Waals surface area contributed by atoms with Crippen LogP contribution >= 0.6 is 0 Å². The summed E-state index contributed by atoms with van der Waals surface area (Å²) in [6.07, 6.45) is 1.67. The maximum atomic E-state index is 14.1. The molecule has 1 aliphatic carbocycles. The number of hydrogen-bond acceptors (Lipinski definition) is 5. The van der Waals surface area contributed by atoms with Crippen molar-refractivity contribution in [2.75, 3.05) is 13.2 Å². The highest BCUT2D eigenvalue weighted by atomic mass is 19.1. The molecule has 0 spiro atoms. The third-order valence-corrected chi connectivity index (χ3v) is 3.81. The third-order valence-electron chi connectivity index (χ3n) is 3.81. The first-order valence-electron chi connectivity index (χ1n) is 7.71. The molecule has 6 nitrogen and oxygen atoms in total. The van der Waals surface area contributed by atoms with E-state index in [1.165, 1.54) is 12.1 Å². The number of ether oxygens (including phenoxy) is 1. The van der Waals surface area contributed by atoms with E-state index in [1.54, 1.807) is 6.92 Å². The zero-order valence-corrected chi connectivity index (χ0v) is 13.1. The van der Waals surface area contributed by atoms with Gasteiger partial charge in [0.15, 0.2) is 5.78 Å². The predicted molar refractivity (Wildman–Crippen MR) is 82.2 cm³/mol. The van der Waals surface area contributed by atoms with Crippen LogP contribution in [0.1, 0.15) is 40.7 Å². The van der Waals surface area contributed by atoms with Crippen LogP contribution in [0.2, 0.25) is 0 Å². The summed E-state index contributed by atoms with van der Waals surface area (Å²) in [4.78, 5) is 35.7. The summed E-state index contributed by atoms with van der Waals surface area (Å²) in [6.45, 7) is 1.68. The van der Waals surface area contributed by atoms with E-state index in [4.69, 9.17) is 9.15 Å². The molecule has 126 valence electrons. The number of carbonyl (C=O) groups is 3. The molecule has 1 N–H and O–H groups in total. The number of fused-ring (bicyclic) bond motifs is 1. The van der Waals surface area contributed by atoms with Gasteiger partial charge in [-0.2, -0.15) is 0 Å². The molecule has 3 rings (SSSR count). The van der Waals surface area contributed by atoms with Crippen molar-refractivity contribution in [3.63, 3.8) is 0 Å². The molecule has 1 aromatic carbocycles. The molecule has 1 aliphatic rings. The van der Waals surface area contributed by atoms with Gasteiger partial charge < -0.3 is 14.5 Å². The van der Waals surface area contributed by atoms with Gasteiger partial charge in [0.25, 0.3) is 5.91 Å². The van der Waals surface area contributed by atoms with Gasteiger partial charge in [-0.1, -0.05) is 0 Å². The Morgan fingerprint density at radius 2 is 2.08 bits per heavy atom. The molecule has 7 heteroatoms. The zero-order chi connectivity index (χ0) is 17.3. The molecule has 1 aromatic heterocycles. The second-order valence-electron chi connectivity index (χ2n) is 5.59. The number of furan rings is 1. The van der Waals surface area contributed by atoms with Gasteiger partial charge in [0.2, 0.25) is 5.76 Å². The Hall–Kier alpha value is -2.70. The Morgan fingerprint density at radius 1 is 1.33 bits per heavy atom. The fraction of sp³-hybridized carbons (Fsp3) is 0.353. The highest BCUT2D eigenvalue weighted by molar-refractivity contribution is 6.08. The minimum atomic E-state index is -0.755. The molecule has 0 saturated heterocycles. The smallest absolute Gasteiger partial charge is 0.374 e. The van der Waals surface area contributed by atoms with E-state index < -0.39 is 17.7 Å². The van der Waals surface area contributed by atoms with Gasteiger partial charge >= 0.3 is 5.97 Å². The van der Waals surface area contributed by atoms with Gasteiger partial charge in [-0.05, 0) is 31.9 Å². The topological polar surface area (TPSA) is 85.6 Å². The van der Waals surface area contributed by atoms with Crippen molar-refractivity contribution in [1.29, 1.82) is 0 Å². The summed E-state index contributed by atoms with van der Waals surface area (Å²) in [5.74, 6) is -2.33. The largest absolute Gasteiger partial charge is 0.460 e. The van der Waals surface area contributed by atoms with Gasteiger partial charge in [-0.15, -0.1) is 0 Å².